The minimum absolute atomic E-state index is 0.287. The molecular formula is C18H22FNO. The Bertz CT molecular complexity index is 553. The maximum absolute atomic E-state index is 13.5. The molecular weight excluding hydrogens is 265 g/mol. The van der Waals surface area contributed by atoms with Crippen molar-refractivity contribution in [1.82, 2.24) is 0 Å². The fraction of sp³-hybridized carbons (Fsp3) is 0.333. The van der Waals surface area contributed by atoms with Gasteiger partial charge in [-0.05, 0) is 36.6 Å². The van der Waals surface area contributed by atoms with Gasteiger partial charge in [0.15, 0.2) is 0 Å². The molecule has 3 heteroatoms. The van der Waals surface area contributed by atoms with Gasteiger partial charge < -0.3 is 10.4 Å². The Kier molecular flexibility index (Phi) is 5.76. The van der Waals surface area contributed by atoms with E-state index in [4.69, 9.17) is 0 Å². The number of benzene rings is 2. The Labute approximate surface area is 125 Å². The summed E-state index contributed by atoms with van der Waals surface area (Å²) in [5, 5.41) is 13.2. The summed E-state index contributed by atoms with van der Waals surface area (Å²) in [4.78, 5) is 0. The number of unbranched alkanes of at least 4 members (excludes halogenated alkanes) is 1. The number of hydrogen-bond donors (Lipinski definition) is 2. The fourth-order valence-corrected chi connectivity index (χ4v) is 2.24. The zero-order valence-electron chi connectivity index (χ0n) is 12.3. The molecule has 0 spiro atoms. The van der Waals surface area contributed by atoms with Gasteiger partial charge in [-0.2, -0.15) is 0 Å². The van der Waals surface area contributed by atoms with E-state index in [1.54, 1.807) is 18.2 Å². The molecule has 0 aliphatic rings. The van der Waals surface area contributed by atoms with E-state index < -0.39 is 6.10 Å². The number of rotatable bonds is 7. The van der Waals surface area contributed by atoms with Crippen molar-refractivity contribution in [3.05, 3.63) is 65.5 Å². The van der Waals surface area contributed by atoms with Crippen molar-refractivity contribution in [3.63, 3.8) is 0 Å². The van der Waals surface area contributed by atoms with E-state index in [9.17, 15) is 9.50 Å². The van der Waals surface area contributed by atoms with Crippen LogP contribution >= 0.6 is 0 Å². The van der Waals surface area contributed by atoms with E-state index in [-0.39, 0.29) is 12.4 Å². The molecule has 0 saturated heterocycles. The predicted octanol–water partition coefficient (Wildman–Crippen LogP) is 4.31. The molecule has 21 heavy (non-hydrogen) atoms. The first-order chi connectivity index (χ1) is 10.2. The SMILES string of the molecule is CCCCc1ccc(NCC(O)c2ccccc2F)cc1. The average molecular weight is 287 g/mol. The third-order valence-electron chi connectivity index (χ3n) is 3.54. The maximum Gasteiger partial charge on any atom is 0.129 e. The van der Waals surface area contributed by atoms with Gasteiger partial charge in [-0.25, -0.2) is 4.39 Å². The topological polar surface area (TPSA) is 32.3 Å². The molecule has 2 rings (SSSR count). The first-order valence-electron chi connectivity index (χ1n) is 7.46. The Morgan fingerprint density at radius 2 is 1.81 bits per heavy atom. The van der Waals surface area contributed by atoms with E-state index in [1.807, 2.05) is 12.1 Å². The summed E-state index contributed by atoms with van der Waals surface area (Å²) < 4.78 is 13.5. The average Bonchev–Trinajstić information content (AvgIpc) is 2.52. The number of hydrogen-bond acceptors (Lipinski definition) is 2. The quantitative estimate of drug-likeness (QED) is 0.795. The van der Waals surface area contributed by atoms with Gasteiger partial charge in [0.05, 0.1) is 6.10 Å². The highest BCUT2D eigenvalue weighted by Crippen LogP contribution is 2.18. The van der Waals surface area contributed by atoms with E-state index in [1.165, 1.54) is 24.5 Å². The highest BCUT2D eigenvalue weighted by Gasteiger charge is 2.11. The van der Waals surface area contributed by atoms with Crippen molar-refractivity contribution in [2.24, 2.45) is 0 Å². The lowest BCUT2D eigenvalue weighted by Crippen LogP contribution is -2.13. The highest BCUT2D eigenvalue weighted by atomic mass is 19.1. The van der Waals surface area contributed by atoms with Crippen molar-refractivity contribution in [2.75, 3.05) is 11.9 Å². The van der Waals surface area contributed by atoms with Crippen LogP contribution in [0.1, 0.15) is 37.0 Å². The standard InChI is InChI=1S/C18H22FNO/c1-2-3-6-14-9-11-15(12-10-14)20-13-18(21)16-7-4-5-8-17(16)19/h4-5,7-12,18,20-21H,2-3,6,13H2,1H3. The second-order valence-electron chi connectivity index (χ2n) is 5.22. The van der Waals surface area contributed by atoms with E-state index in [0.29, 0.717) is 5.56 Å². The number of anilines is 1. The smallest absolute Gasteiger partial charge is 0.129 e. The molecule has 2 nitrogen and oxygen atoms in total. The largest absolute Gasteiger partial charge is 0.386 e. The van der Waals surface area contributed by atoms with Crippen LogP contribution in [0.25, 0.3) is 0 Å². The molecule has 2 aromatic rings. The fourth-order valence-electron chi connectivity index (χ4n) is 2.24. The summed E-state index contributed by atoms with van der Waals surface area (Å²) in [5.74, 6) is -0.373. The van der Waals surface area contributed by atoms with Gasteiger partial charge in [0.1, 0.15) is 5.82 Å². The number of aryl methyl sites for hydroxylation is 1. The van der Waals surface area contributed by atoms with Crippen LogP contribution in [0.4, 0.5) is 10.1 Å². The maximum atomic E-state index is 13.5. The molecule has 1 unspecified atom stereocenters. The van der Waals surface area contributed by atoms with Crippen molar-refractivity contribution in [3.8, 4) is 0 Å². The summed E-state index contributed by atoms with van der Waals surface area (Å²) in [7, 11) is 0. The molecule has 1 atom stereocenters. The molecule has 0 saturated carbocycles. The van der Waals surface area contributed by atoms with Crippen molar-refractivity contribution in [2.45, 2.75) is 32.3 Å². The summed E-state index contributed by atoms with van der Waals surface area (Å²) in [6.45, 7) is 2.47. The normalized spacial score (nSPS) is 12.1. The molecule has 2 N–H and O–H groups in total. The molecule has 0 radical (unpaired) electrons. The van der Waals surface area contributed by atoms with Gasteiger partial charge in [0, 0.05) is 17.8 Å². The van der Waals surface area contributed by atoms with Gasteiger partial charge >= 0.3 is 0 Å². The van der Waals surface area contributed by atoms with E-state index in [2.05, 4.69) is 24.4 Å². The zero-order valence-corrected chi connectivity index (χ0v) is 12.3. The van der Waals surface area contributed by atoms with Crippen LogP contribution in [0, 0.1) is 5.82 Å². The molecule has 0 heterocycles. The van der Waals surface area contributed by atoms with Crippen molar-refractivity contribution < 1.29 is 9.50 Å². The number of halogens is 1. The molecule has 0 aromatic heterocycles. The first kappa shape index (κ1) is 15.5. The van der Waals surface area contributed by atoms with Gasteiger partial charge in [0.25, 0.3) is 0 Å². The lowest BCUT2D eigenvalue weighted by Gasteiger charge is -2.14. The van der Waals surface area contributed by atoms with Crippen LogP contribution < -0.4 is 5.32 Å². The van der Waals surface area contributed by atoms with E-state index in [0.717, 1.165) is 12.1 Å². The van der Waals surface area contributed by atoms with Crippen LogP contribution in [-0.2, 0) is 6.42 Å². The lowest BCUT2D eigenvalue weighted by atomic mass is 10.1. The second-order valence-corrected chi connectivity index (χ2v) is 5.22. The minimum Gasteiger partial charge on any atom is -0.386 e. The molecule has 112 valence electrons. The molecule has 0 fully saturated rings. The van der Waals surface area contributed by atoms with Gasteiger partial charge in [0.2, 0.25) is 0 Å². The highest BCUT2D eigenvalue weighted by molar-refractivity contribution is 5.45. The summed E-state index contributed by atoms with van der Waals surface area (Å²) in [5.41, 5.74) is 2.58. The molecule has 0 aliphatic carbocycles. The molecule has 0 aliphatic heterocycles. The third kappa shape index (κ3) is 4.57. The summed E-state index contributed by atoms with van der Waals surface area (Å²) in [6.07, 6.45) is 2.62. The Balaban J connectivity index is 1.89. The van der Waals surface area contributed by atoms with Crippen LogP contribution in [0.2, 0.25) is 0 Å². The van der Waals surface area contributed by atoms with Gasteiger partial charge in [-0.15, -0.1) is 0 Å². The molecule has 2 aromatic carbocycles. The number of nitrogens with one attached hydrogen (secondary N) is 1. The number of aliphatic hydroxyl groups excluding tert-OH is 1. The van der Waals surface area contributed by atoms with Crippen molar-refractivity contribution in [1.29, 1.82) is 0 Å². The van der Waals surface area contributed by atoms with E-state index >= 15 is 0 Å². The minimum atomic E-state index is -0.856. The second kappa shape index (κ2) is 7.79. The Hall–Kier alpha value is -1.87. The van der Waals surface area contributed by atoms with Crippen molar-refractivity contribution >= 4 is 5.69 Å². The van der Waals surface area contributed by atoms with Crippen LogP contribution in [0.15, 0.2) is 48.5 Å². The monoisotopic (exact) mass is 287 g/mol. The lowest BCUT2D eigenvalue weighted by molar-refractivity contribution is 0.186. The third-order valence-corrected chi connectivity index (χ3v) is 3.54. The summed E-state index contributed by atoms with van der Waals surface area (Å²) in [6, 6.07) is 14.5. The van der Waals surface area contributed by atoms with Crippen LogP contribution in [0.5, 0.6) is 0 Å². The summed E-state index contributed by atoms with van der Waals surface area (Å²) >= 11 is 0. The first-order valence-corrected chi connectivity index (χ1v) is 7.46. The predicted molar refractivity (Wildman–Crippen MR) is 84.9 cm³/mol. The Morgan fingerprint density at radius 3 is 2.48 bits per heavy atom. The van der Waals surface area contributed by atoms with Gasteiger partial charge in [-0.1, -0.05) is 43.7 Å². The zero-order chi connectivity index (χ0) is 15.1. The number of aliphatic hydroxyl groups is 1. The van der Waals surface area contributed by atoms with Crippen LogP contribution in [0.3, 0.4) is 0 Å². The molecule has 0 amide bonds. The van der Waals surface area contributed by atoms with Gasteiger partial charge in [-0.3, -0.25) is 0 Å². The van der Waals surface area contributed by atoms with Crippen LogP contribution in [-0.4, -0.2) is 11.7 Å². The molecule has 0 bridgehead atoms. The Morgan fingerprint density at radius 1 is 1.10 bits per heavy atom.